The number of nitrogens with zero attached hydrogens (tertiary/aromatic N) is 2. The number of carbonyl (C=O) groups excluding carboxylic acids is 1. The van der Waals surface area contributed by atoms with E-state index in [2.05, 4.69) is 10.3 Å². The normalized spacial score (nSPS) is 17.7. The lowest BCUT2D eigenvalue weighted by molar-refractivity contribution is 0.0660. The Morgan fingerprint density at radius 1 is 1.33 bits per heavy atom. The van der Waals surface area contributed by atoms with Gasteiger partial charge in [-0.1, -0.05) is 11.6 Å². The molecule has 18 heavy (non-hydrogen) atoms. The first-order valence-corrected chi connectivity index (χ1v) is 6.17. The maximum absolute atomic E-state index is 12.0. The van der Waals surface area contributed by atoms with Crippen LogP contribution in [0.2, 0.25) is 5.02 Å². The molecule has 0 aliphatic carbocycles. The Bertz CT molecular complexity index is 445. The summed E-state index contributed by atoms with van der Waals surface area (Å²) in [5.41, 5.74) is 3.02. The van der Waals surface area contributed by atoms with Gasteiger partial charge in [-0.25, -0.2) is 5.01 Å². The van der Waals surface area contributed by atoms with E-state index in [0.29, 0.717) is 5.02 Å². The number of hydrogen-bond acceptors (Lipinski definition) is 4. The van der Waals surface area contributed by atoms with Crippen molar-refractivity contribution in [3.63, 3.8) is 0 Å². The lowest BCUT2D eigenvalue weighted by atomic mass is 10.2. The highest BCUT2D eigenvalue weighted by Gasteiger charge is 2.18. The summed E-state index contributed by atoms with van der Waals surface area (Å²) in [6, 6.07) is 4.46. The molecule has 1 fully saturated rings. The lowest BCUT2D eigenvalue weighted by Crippen LogP contribution is -2.52. The topological polar surface area (TPSA) is 55.8 Å². The van der Waals surface area contributed by atoms with Crippen molar-refractivity contribution in [1.82, 2.24) is 15.3 Å². The van der Waals surface area contributed by atoms with Crippen molar-refractivity contribution in [3.05, 3.63) is 28.8 Å². The van der Waals surface area contributed by atoms with Crippen LogP contribution >= 0.6 is 11.6 Å². The minimum absolute atomic E-state index is 0.103. The average Bonchev–Trinajstić information content (AvgIpc) is 2.32. The minimum Gasteiger partial charge on any atom is -0.507 e. The van der Waals surface area contributed by atoms with Crippen LogP contribution in [0.15, 0.2) is 18.2 Å². The van der Waals surface area contributed by atoms with Gasteiger partial charge in [-0.15, -0.1) is 0 Å². The van der Waals surface area contributed by atoms with E-state index in [4.69, 9.17) is 11.6 Å². The van der Waals surface area contributed by atoms with Crippen LogP contribution < -0.4 is 5.43 Å². The summed E-state index contributed by atoms with van der Waals surface area (Å²) < 4.78 is 0. The maximum atomic E-state index is 12.0. The molecule has 0 bridgehead atoms. The number of nitrogens with one attached hydrogen (secondary N) is 1. The standard InChI is InChI=1S/C12H16ClN3O2/c1-15-4-6-16(7-5-15)14-12(18)10-3-2-9(13)8-11(10)17/h2-3,8,17H,4-7H2,1H3,(H,14,18). The number of phenols is 1. The van der Waals surface area contributed by atoms with Crippen LogP contribution in [0.25, 0.3) is 0 Å². The molecule has 2 rings (SSSR count). The molecule has 1 aliphatic heterocycles. The molecular weight excluding hydrogens is 254 g/mol. The number of amides is 1. The number of benzene rings is 1. The van der Waals surface area contributed by atoms with Crippen molar-refractivity contribution < 1.29 is 9.90 Å². The number of hydrogen-bond donors (Lipinski definition) is 2. The molecule has 0 spiro atoms. The van der Waals surface area contributed by atoms with Crippen LogP contribution in [0.1, 0.15) is 10.4 Å². The molecule has 0 atom stereocenters. The highest BCUT2D eigenvalue weighted by Crippen LogP contribution is 2.21. The number of hydrazine groups is 1. The van der Waals surface area contributed by atoms with Crippen molar-refractivity contribution in [2.45, 2.75) is 0 Å². The van der Waals surface area contributed by atoms with E-state index >= 15 is 0 Å². The van der Waals surface area contributed by atoms with Gasteiger partial charge in [0.25, 0.3) is 5.91 Å². The van der Waals surface area contributed by atoms with E-state index in [0.717, 1.165) is 26.2 Å². The predicted molar refractivity (Wildman–Crippen MR) is 69.7 cm³/mol. The van der Waals surface area contributed by atoms with Gasteiger partial charge in [0.15, 0.2) is 0 Å². The van der Waals surface area contributed by atoms with E-state index in [9.17, 15) is 9.90 Å². The van der Waals surface area contributed by atoms with Crippen molar-refractivity contribution >= 4 is 17.5 Å². The van der Waals surface area contributed by atoms with E-state index < -0.39 is 0 Å². The number of carbonyl (C=O) groups is 1. The molecule has 1 saturated heterocycles. The Morgan fingerprint density at radius 2 is 2.00 bits per heavy atom. The molecule has 2 N–H and O–H groups in total. The average molecular weight is 270 g/mol. The van der Waals surface area contributed by atoms with Crippen LogP contribution in [-0.2, 0) is 0 Å². The van der Waals surface area contributed by atoms with Gasteiger partial charge in [0.1, 0.15) is 5.75 Å². The molecule has 1 amide bonds. The second-order valence-corrected chi connectivity index (χ2v) is 4.83. The van der Waals surface area contributed by atoms with Crippen LogP contribution in [0.5, 0.6) is 5.75 Å². The van der Waals surface area contributed by atoms with Gasteiger partial charge >= 0.3 is 0 Å². The van der Waals surface area contributed by atoms with Crippen molar-refractivity contribution in [2.75, 3.05) is 33.2 Å². The van der Waals surface area contributed by atoms with Crippen LogP contribution in [0.4, 0.5) is 0 Å². The molecule has 98 valence electrons. The van der Waals surface area contributed by atoms with Gasteiger partial charge in [-0.3, -0.25) is 10.2 Å². The summed E-state index contributed by atoms with van der Waals surface area (Å²) in [6.45, 7) is 3.37. The number of likely N-dealkylation sites (N-methyl/N-ethyl adjacent to an activating group) is 1. The highest BCUT2D eigenvalue weighted by molar-refractivity contribution is 6.30. The van der Waals surface area contributed by atoms with Crippen LogP contribution in [0, 0.1) is 0 Å². The Labute approximate surface area is 111 Å². The molecule has 1 heterocycles. The number of rotatable bonds is 2. The first-order chi connectivity index (χ1) is 8.56. The van der Waals surface area contributed by atoms with Gasteiger partial charge in [0.2, 0.25) is 0 Å². The first-order valence-electron chi connectivity index (χ1n) is 5.79. The molecule has 1 aromatic carbocycles. The van der Waals surface area contributed by atoms with Gasteiger partial charge in [0, 0.05) is 31.2 Å². The maximum Gasteiger partial charge on any atom is 0.269 e. The minimum atomic E-state index is -0.311. The second-order valence-electron chi connectivity index (χ2n) is 4.39. The molecule has 5 nitrogen and oxygen atoms in total. The summed E-state index contributed by atoms with van der Waals surface area (Å²) in [7, 11) is 2.05. The van der Waals surface area contributed by atoms with E-state index in [1.54, 1.807) is 6.07 Å². The number of halogens is 1. The quantitative estimate of drug-likeness (QED) is 0.839. The zero-order valence-electron chi connectivity index (χ0n) is 10.2. The largest absolute Gasteiger partial charge is 0.507 e. The van der Waals surface area contributed by atoms with Gasteiger partial charge in [-0.2, -0.15) is 0 Å². The summed E-state index contributed by atoms with van der Waals surface area (Å²) in [5.74, 6) is -0.414. The monoisotopic (exact) mass is 269 g/mol. The smallest absolute Gasteiger partial charge is 0.269 e. The fourth-order valence-corrected chi connectivity index (χ4v) is 1.99. The molecule has 6 heteroatoms. The van der Waals surface area contributed by atoms with Crippen molar-refractivity contribution in [3.8, 4) is 5.75 Å². The summed E-state index contributed by atoms with van der Waals surface area (Å²) >= 11 is 5.72. The molecule has 1 aliphatic rings. The van der Waals surface area contributed by atoms with Gasteiger partial charge in [0.05, 0.1) is 5.56 Å². The lowest BCUT2D eigenvalue weighted by Gasteiger charge is -2.32. The number of piperazine rings is 1. The number of phenolic OH excluding ortho intramolecular Hbond substituents is 1. The fraction of sp³-hybridized carbons (Fsp3) is 0.417. The predicted octanol–water partition coefficient (Wildman–Crippen LogP) is 0.938. The summed E-state index contributed by atoms with van der Waals surface area (Å²) in [4.78, 5) is 14.2. The molecule has 0 aromatic heterocycles. The van der Waals surface area contributed by atoms with Gasteiger partial charge in [-0.05, 0) is 25.2 Å². The molecule has 0 saturated carbocycles. The fourth-order valence-electron chi connectivity index (χ4n) is 1.82. The Hall–Kier alpha value is -1.30. The van der Waals surface area contributed by atoms with Crippen molar-refractivity contribution in [1.29, 1.82) is 0 Å². The Kier molecular flexibility index (Phi) is 4.06. The Balaban J connectivity index is 1.99. The molecular formula is C12H16ClN3O2. The highest BCUT2D eigenvalue weighted by atomic mass is 35.5. The SMILES string of the molecule is CN1CCN(NC(=O)c2ccc(Cl)cc2O)CC1. The van der Waals surface area contributed by atoms with E-state index in [1.807, 2.05) is 12.1 Å². The van der Waals surface area contributed by atoms with E-state index in [-0.39, 0.29) is 17.2 Å². The van der Waals surface area contributed by atoms with E-state index in [1.165, 1.54) is 12.1 Å². The number of aromatic hydroxyl groups is 1. The van der Waals surface area contributed by atoms with Crippen LogP contribution in [0.3, 0.4) is 0 Å². The zero-order valence-corrected chi connectivity index (χ0v) is 10.9. The van der Waals surface area contributed by atoms with Gasteiger partial charge < -0.3 is 10.0 Å². The molecule has 0 radical (unpaired) electrons. The molecule has 1 aromatic rings. The van der Waals surface area contributed by atoms with Crippen molar-refractivity contribution in [2.24, 2.45) is 0 Å². The second kappa shape index (κ2) is 5.56. The zero-order chi connectivity index (χ0) is 13.1. The third kappa shape index (κ3) is 3.13. The third-order valence-corrected chi connectivity index (χ3v) is 3.20. The van der Waals surface area contributed by atoms with Crippen LogP contribution in [-0.4, -0.2) is 54.1 Å². The Morgan fingerprint density at radius 3 is 2.61 bits per heavy atom. The third-order valence-electron chi connectivity index (χ3n) is 2.97. The first kappa shape index (κ1) is 13.1. The summed E-state index contributed by atoms with van der Waals surface area (Å²) in [6.07, 6.45) is 0. The summed E-state index contributed by atoms with van der Waals surface area (Å²) in [5, 5.41) is 11.9. The molecule has 0 unspecified atom stereocenters.